The molecule has 6 heteroatoms. The first kappa shape index (κ1) is 17.2. The number of esters is 1. The maximum atomic E-state index is 10.6. The van der Waals surface area contributed by atoms with Gasteiger partial charge in [-0.25, -0.2) is 9.59 Å². The average molecular weight is 241 g/mol. The highest BCUT2D eigenvalue weighted by molar-refractivity contribution is 6.32. The molecule has 17 heavy (non-hydrogen) atoms. The van der Waals surface area contributed by atoms with E-state index in [1.807, 2.05) is 6.07 Å². The molecule has 0 unspecified atom stereocenters. The SMILES string of the molecule is C=C(C)C(=O)OCCC#N.CCC(=O)C(=O)O. The van der Waals surface area contributed by atoms with Gasteiger partial charge < -0.3 is 9.84 Å². The molecule has 0 aliphatic heterocycles. The minimum atomic E-state index is -1.34. The van der Waals surface area contributed by atoms with Crippen LogP contribution < -0.4 is 0 Å². The molecule has 0 heterocycles. The first-order valence-corrected chi connectivity index (χ1v) is 4.82. The van der Waals surface area contributed by atoms with Gasteiger partial charge in [0.1, 0.15) is 6.61 Å². The number of Topliss-reactive ketones (excluding diaryl/α,β-unsaturated/α-hetero) is 1. The van der Waals surface area contributed by atoms with E-state index in [1.165, 1.54) is 6.92 Å². The summed E-state index contributed by atoms with van der Waals surface area (Å²) in [5.74, 6) is -2.52. The van der Waals surface area contributed by atoms with Crippen LogP contribution in [0.15, 0.2) is 12.2 Å². The van der Waals surface area contributed by atoms with Crippen molar-refractivity contribution in [2.24, 2.45) is 0 Å². The summed E-state index contributed by atoms with van der Waals surface area (Å²) in [6.07, 6.45) is 0.314. The van der Waals surface area contributed by atoms with Gasteiger partial charge >= 0.3 is 11.9 Å². The fourth-order valence-corrected chi connectivity index (χ4v) is 0.464. The van der Waals surface area contributed by atoms with Crippen LogP contribution in [0.2, 0.25) is 0 Å². The number of aliphatic carboxylic acids is 1. The van der Waals surface area contributed by atoms with Crippen LogP contribution in [-0.4, -0.2) is 29.4 Å². The Morgan fingerprint density at radius 2 is 1.94 bits per heavy atom. The van der Waals surface area contributed by atoms with Crippen molar-refractivity contribution in [1.82, 2.24) is 0 Å². The van der Waals surface area contributed by atoms with E-state index >= 15 is 0 Å². The van der Waals surface area contributed by atoms with Crippen LogP contribution in [0.1, 0.15) is 26.7 Å². The lowest BCUT2D eigenvalue weighted by molar-refractivity contribution is -0.148. The van der Waals surface area contributed by atoms with E-state index in [2.05, 4.69) is 11.3 Å². The molecule has 0 saturated heterocycles. The monoisotopic (exact) mass is 241 g/mol. The Balaban J connectivity index is 0. The van der Waals surface area contributed by atoms with E-state index < -0.39 is 17.7 Å². The summed E-state index contributed by atoms with van der Waals surface area (Å²) in [5, 5.41) is 15.9. The zero-order chi connectivity index (χ0) is 13.8. The molecule has 0 aromatic heterocycles. The number of nitriles is 1. The van der Waals surface area contributed by atoms with Crippen molar-refractivity contribution in [1.29, 1.82) is 5.26 Å². The fourth-order valence-electron chi connectivity index (χ4n) is 0.464. The Morgan fingerprint density at radius 3 is 2.18 bits per heavy atom. The third-order valence-electron chi connectivity index (χ3n) is 1.36. The molecule has 0 aliphatic rings. The van der Waals surface area contributed by atoms with Crippen molar-refractivity contribution in [2.75, 3.05) is 6.61 Å². The summed E-state index contributed by atoms with van der Waals surface area (Å²) in [5.41, 5.74) is 0.359. The first-order chi connectivity index (χ1) is 7.86. The van der Waals surface area contributed by atoms with Crippen LogP contribution in [0.4, 0.5) is 0 Å². The summed E-state index contributed by atoms with van der Waals surface area (Å²) < 4.78 is 4.58. The zero-order valence-corrected chi connectivity index (χ0v) is 9.86. The van der Waals surface area contributed by atoms with Crippen LogP contribution in [0.25, 0.3) is 0 Å². The normalized spacial score (nSPS) is 8.06. The number of carboxylic acid groups (broad SMARTS) is 1. The number of ether oxygens (including phenoxy) is 1. The van der Waals surface area contributed by atoms with E-state index in [0.29, 0.717) is 5.57 Å². The molecular formula is C11H15NO5. The molecule has 0 fully saturated rings. The van der Waals surface area contributed by atoms with E-state index in [4.69, 9.17) is 10.4 Å². The standard InChI is InChI=1S/C7H9NO2.C4H6O3/c1-6(2)7(9)10-5-3-4-8;1-2-3(5)4(6)7/h1,3,5H2,2H3;2H2,1H3,(H,6,7). The van der Waals surface area contributed by atoms with Crippen LogP contribution >= 0.6 is 0 Å². The molecular weight excluding hydrogens is 226 g/mol. The maximum Gasteiger partial charge on any atom is 0.372 e. The van der Waals surface area contributed by atoms with Crippen molar-refractivity contribution in [3.8, 4) is 6.07 Å². The van der Waals surface area contributed by atoms with Gasteiger partial charge in [-0.15, -0.1) is 0 Å². The summed E-state index contributed by atoms with van der Waals surface area (Å²) in [6.45, 7) is 6.61. The van der Waals surface area contributed by atoms with Crippen molar-refractivity contribution >= 4 is 17.7 Å². The quantitative estimate of drug-likeness (QED) is 0.334. The van der Waals surface area contributed by atoms with Gasteiger partial charge in [-0.2, -0.15) is 5.26 Å². The highest BCUT2D eigenvalue weighted by atomic mass is 16.5. The number of hydrogen-bond donors (Lipinski definition) is 1. The number of carboxylic acids is 1. The predicted molar refractivity (Wildman–Crippen MR) is 58.9 cm³/mol. The number of carbonyl (C=O) groups is 3. The zero-order valence-electron chi connectivity index (χ0n) is 9.86. The second-order valence-corrected chi connectivity index (χ2v) is 2.91. The molecule has 0 saturated carbocycles. The Kier molecular flexibility index (Phi) is 10.5. The lowest BCUT2D eigenvalue weighted by Gasteiger charge is -1.98. The Morgan fingerprint density at radius 1 is 1.41 bits per heavy atom. The molecule has 94 valence electrons. The van der Waals surface area contributed by atoms with E-state index in [1.54, 1.807) is 6.92 Å². The van der Waals surface area contributed by atoms with Gasteiger partial charge in [-0.1, -0.05) is 13.5 Å². The number of ketones is 1. The fraction of sp³-hybridized carbons (Fsp3) is 0.455. The summed E-state index contributed by atoms with van der Waals surface area (Å²) in [4.78, 5) is 30.1. The lowest BCUT2D eigenvalue weighted by Crippen LogP contribution is -2.09. The van der Waals surface area contributed by atoms with Crippen LogP contribution in [0.5, 0.6) is 0 Å². The third-order valence-corrected chi connectivity index (χ3v) is 1.36. The molecule has 0 aromatic rings. The van der Waals surface area contributed by atoms with E-state index in [9.17, 15) is 14.4 Å². The van der Waals surface area contributed by atoms with Crippen molar-refractivity contribution in [2.45, 2.75) is 26.7 Å². The second kappa shape index (κ2) is 10.4. The number of nitrogens with zero attached hydrogens (tertiary/aromatic N) is 1. The number of carbonyl (C=O) groups excluding carboxylic acids is 2. The largest absolute Gasteiger partial charge is 0.476 e. The van der Waals surface area contributed by atoms with Crippen LogP contribution in [0, 0.1) is 11.3 Å². The summed E-state index contributed by atoms with van der Waals surface area (Å²) in [7, 11) is 0. The number of hydrogen-bond acceptors (Lipinski definition) is 5. The molecule has 0 spiro atoms. The smallest absolute Gasteiger partial charge is 0.372 e. The molecule has 6 nitrogen and oxygen atoms in total. The van der Waals surface area contributed by atoms with Gasteiger partial charge in [0.25, 0.3) is 0 Å². The average Bonchev–Trinajstić information content (AvgIpc) is 2.28. The van der Waals surface area contributed by atoms with E-state index in [0.717, 1.165) is 0 Å². The summed E-state index contributed by atoms with van der Waals surface area (Å²) >= 11 is 0. The number of rotatable bonds is 5. The Hall–Kier alpha value is -2.16. The summed E-state index contributed by atoms with van der Waals surface area (Å²) in [6, 6.07) is 1.86. The Bertz CT molecular complexity index is 340. The topological polar surface area (TPSA) is 104 Å². The van der Waals surface area contributed by atoms with Gasteiger partial charge in [-0.05, 0) is 6.92 Å². The van der Waals surface area contributed by atoms with Gasteiger partial charge in [0.2, 0.25) is 5.78 Å². The first-order valence-electron chi connectivity index (χ1n) is 4.82. The minimum absolute atomic E-state index is 0.0787. The maximum absolute atomic E-state index is 10.6. The van der Waals surface area contributed by atoms with Gasteiger partial charge in [-0.3, -0.25) is 4.79 Å². The van der Waals surface area contributed by atoms with Gasteiger partial charge in [0, 0.05) is 12.0 Å². The van der Waals surface area contributed by atoms with Crippen molar-refractivity contribution in [3.63, 3.8) is 0 Å². The molecule has 0 aliphatic carbocycles. The molecule has 0 amide bonds. The van der Waals surface area contributed by atoms with Gasteiger partial charge in [0.05, 0.1) is 12.5 Å². The van der Waals surface area contributed by atoms with Gasteiger partial charge in [0.15, 0.2) is 0 Å². The molecule has 1 N–H and O–H groups in total. The van der Waals surface area contributed by atoms with Crippen LogP contribution in [0.3, 0.4) is 0 Å². The molecule has 0 atom stereocenters. The molecule has 0 bridgehead atoms. The van der Waals surface area contributed by atoms with Crippen LogP contribution in [-0.2, 0) is 19.1 Å². The molecule has 0 aromatic carbocycles. The Labute approximate surface area is 99.5 Å². The van der Waals surface area contributed by atoms with E-state index in [-0.39, 0.29) is 19.4 Å². The van der Waals surface area contributed by atoms with Crippen molar-refractivity contribution < 1.29 is 24.2 Å². The highest BCUT2D eigenvalue weighted by Crippen LogP contribution is 1.92. The van der Waals surface area contributed by atoms with Crippen molar-refractivity contribution in [3.05, 3.63) is 12.2 Å². The predicted octanol–water partition coefficient (Wildman–Crippen LogP) is 1.07. The lowest BCUT2D eigenvalue weighted by atomic mass is 10.3. The third kappa shape index (κ3) is 11.8. The molecule has 0 rings (SSSR count). The molecule has 0 radical (unpaired) electrons. The minimum Gasteiger partial charge on any atom is -0.476 e. The highest BCUT2D eigenvalue weighted by Gasteiger charge is 2.05. The second-order valence-electron chi connectivity index (χ2n) is 2.91.